The van der Waals surface area contributed by atoms with Crippen LogP contribution in [0.25, 0.3) is 11.3 Å². The van der Waals surface area contributed by atoms with Crippen LogP contribution in [-0.4, -0.2) is 22.0 Å². The predicted octanol–water partition coefficient (Wildman–Crippen LogP) is 3.64. The Morgan fingerprint density at radius 1 is 1.08 bits per heavy atom. The molecule has 0 spiro atoms. The summed E-state index contributed by atoms with van der Waals surface area (Å²) in [6.07, 6.45) is 0. The number of aromatic nitrogens is 1. The molecule has 3 aromatic rings. The Bertz CT molecular complexity index is 971. The van der Waals surface area contributed by atoms with Crippen LogP contribution in [0.1, 0.15) is 10.4 Å². The normalized spacial score (nSPS) is 11.2. The molecule has 1 aromatic heterocycles. The summed E-state index contributed by atoms with van der Waals surface area (Å²) in [5.74, 6) is -0.892. The number of nitrogens with two attached hydrogens (primary N) is 1. The van der Waals surface area contributed by atoms with Crippen LogP contribution in [-0.2, 0) is 0 Å². The number of anilines is 1. The summed E-state index contributed by atoms with van der Waals surface area (Å²) in [6.45, 7) is 0. The molecular formula is C19H15FN4O2. The highest BCUT2D eigenvalue weighted by Gasteiger charge is 2.04. The molecule has 130 valence electrons. The van der Waals surface area contributed by atoms with Gasteiger partial charge in [0.15, 0.2) is 11.8 Å². The van der Waals surface area contributed by atoms with E-state index in [-0.39, 0.29) is 17.3 Å². The molecule has 0 aliphatic rings. The van der Waals surface area contributed by atoms with Gasteiger partial charge in [-0.05, 0) is 48.5 Å². The van der Waals surface area contributed by atoms with E-state index in [1.54, 1.807) is 42.5 Å². The number of carboxylic acids is 1. The van der Waals surface area contributed by atoms with E-state index in [1.165, 1.54) is 24.3 Å². The zero-order chi connectivity index (χ0) is 18.5. The number of nitrogens with zero attached hydrogens (tertiary/aromatic N) is 2. The third-order valence-corrected chi connectivity index (χ3v) is 3.49. The number of aromatic carboxylic acids is 1. The number of benzene rings is 2. The first kappa shape index (κ1) is 17.1. The van der Waals surface area contributed by atoms with E-state index >= 15 is 0 Å². The van der Waals surface area contributed by atoms with Gasteiger partial charge >= 0.3 is 5.97 Å². The van der Waals surface area contributed by atoms with Gasteiger partial charge in [-0.3, -0.25) is 0 Å². The molecule has 7 heteroatoms. The molecule has 0 atom stereocenters. The van der Waals surface area contributed by atoms with Crippen molar-refractivity contribution in [2.45, 2.75) is 0 Å². The number of rotatable bonds is 4. The summed E-state index contributed by atoms with van der Waals surface area (Å²) < 4.78 is 13.4. The van der Waals surface area contributed by atoms with Crippen LogP contribution in [0.2, 0.25) is 0 Å². The third kappa shape index (κ3) is 4.21. The van der Waals surface area contributed by atoms with Crippen molar-refractivity contribution in [3.8, 4) is 11.3 Å². The summed E-state index contributed by atoms with van der Waals surface area (Å²) in [4.78, 5) is 19.4. The van der Waals surface area contributed by atoms with Gasteiger partial charge in [0.25, 0.3) is 0 Å². The molecule has 26 heavy (non-hydrogen) atoms. The minimum atomic E-state index is -1.00. The lowest BCUT2D eigenvalue weighted by molar-refractivity contribution is 0.0697. The maximum Gasteiger partial charge on any atom is 0.335 e. The van der Waals surface area contributed by atoms with Gasteiger partial charge in [-0.2, -0.15) is 4.99 Å². The van der Waals surface area contributed by atoms with E-state index in [2.05, 4.69) is 15.3 Å². The molecule has 1 heterocycles. The lowest BCUT2D eigenvalue weighted by Crippen LogP contribution is -2.22. The van der Waals surface area contributed by atoms with Crippen LogP contribution >= 0.6 is 0 Å². The van der Waals surface area contributed by atoms with E-state index in [4.69, 9.17) is 10.8 Å². The van der Waals surface area contributed by atoms with Crippen molar-refractivity contribution in [1.29, 1.82) is 0 Å². The number of aliphatic imine (C=N–C) groups is 1. The molecule has 6 nitrogen and oxygen atoms in total. The highest BCUT2D eigenvalue weighted by Crippen LogP contribution is 2.21. The van der Waals surface area contributed by atoms with Crippen LogP contribution in [0.4, 0.5) is 15.9 Å². The zero-order valence-corrected chi connectivity index (χ0v) is 13.6. The largest absolute Gasteiger partial charge is 0.478 e. The van der Waals surface area contributed by atoms with Crippen molar-refractivity contribution in [3.63, 3.8) is 0 Å². The van der Waals surface area contributed by atoms with Crippen molar-refractivity contribution < 1.29 is 14.3 Å². The summed E-state index contributed by atoms with van der Waals surface area (Å²) >= 11 is 0. The summed E-state index contributed by atoms with van der Waals surface area (Å²) in [7, 11) is 0. The topological polar surface area (TPSA) is 101 Å². The van der Waals surface area contributed by atoms with Crippen molar-refractivity contribution >= 4 is 23.4 Å². The number of hydrogen-bond acceptors (Lipinski definition) is 3. The van der Waals surface area contributed by atoms with E-state index < -0.39 is 5.97 Å². The fourth-order valence-corrected chi connectivity index (χ4v) is 2.29. The van der Waals surface area contributed by atoms with Gasteiger partial charge in [0.2, 0.25) is 0 Å². The maximum absolute atomic E-state index is 13.4. The Kier molecular flexibility index (Phi) is 4.89. The number of nitrogens with one attached hydrogen (secondary N) is 1. The molecule has 0 unspecified atom stereocenters. The molecule has 0 aliphatic heterocycles. The second-order valence-electron chi connectivity index (χ2n) is 5.40. The number of hydrogen-bond donors (Lipinski definition) is 3. The minimum Gasteiger partial charge on any atom is -0.478 e. The maximum atomic E-state index is 13.4. The molecule has 4 N–H and O–H groups in total. The van der Waals surface area contributed by atoms with Crippen molar-refractivity contribution in [2.75, 3.05) is 5.32 Å². The number of guanidine groups is 1. The molecule has 0 saturated heterocycles. The second-order valence-corrected chi connectivity index (χ2v) is 5.40. The summed E-state index contributed by atoms with van der Waals surface area (Å²) in [5.41, 5.74) is 7.85. The molecule has 2 aromatic carbocycles. The van der Waals surface area contributed by atoms with E-state index in [0.29, 0.717) is 22.8 Å². The van der Waals surface area contributed by atoms with Gasteiger partial charge in [-0.15, -0.1) is 0 Å². The number of halogens is 1. The Labute approximate surface area is 148 Å². The molecule has 0 saturated carbocycles. The molecule has 0 radical (unpaired) electrons. The molecule has 0 fully saturated rings. The van der Waals surface area contributed by atoms with Gasteiger partial charge in [0.1, 0.15) is 5.82 Å². The van der Waals surface area contributed by atoms with Crippen LogP contribution in [0.15, 0.2) is 71.7 Å². The molecule has 0 amide bonds. The number of carboxylic acid groups (broad SMARTS) is 1. The summed E-state index contributed by atoms with van der Waals surface area (Å²) in [6, 6.07) is 17.4. The average molecular weight is 350 g/mol. The Hall–Kier alpha value is -3.74. The highest BCUT2D eigenvalue weighted by atomic mass is 19.1. The Morgan fingerprint density at radius 3 is 2.50 bits per heavy atom. The van der Waals surface area contributed by atoms with Crippen LogP contribution < -0.4 is 11.1 Å². The van der Waals surface area contributed by atoms with Crippen LogP contribution in [0.3, 0.4) is 0 Å². The lowest BCUT2D eigenvalue weighted by Gasteiger charge is -2.06. The number of carbonyl (C=O) groups is 1. The average Bonchev–Trinajstić information content (AvgIpc) is 2.62. The zero-order valence-electron chi connectivity index (χ0n) is 13.6. The number of pyridine rings is 1. The first-order valence-electron chi connectivity index (χ1n) is 7.69. The van der Waals surface area contributed by atoms with E-state index in [0.717, 1.165) is 0 Å². The Balaban J connectivity index is 1.78. The van der Waals surface area contributed by atoms with Gasteiger partial charge in [-0.25, -0.2) is 14.2 Å². The van der Waals surface area contributed by atoms with Gasteiger partial charge < -0.3 is 16.2 Å². The minimum absolute atomic E-state index is 0.0944. The lowest BCUT2D eigenvalue weighted by atomic mass is 10.1. The van der Waals surface area contributed by atoms with Crippen molar-refractivity contribution in [2.24, 2.45) is 10.7 Å². The van der Waals surface area contributed by atoms with Crippen molar-refractivity contribution in [1.82, 2.24) is 4.98 Å². The summed E-state index contributed by atoms with van der Waals surface area (Å²) in [5, 5.41) is 11.7. The standard InChI is InChI=1S/C19H15FN4O2/c20-14-4-1-3-13(11-14)16-5-2-6-17(23-16)24-19(21)22-15-9-7-12(8-10-15)18(25)26/h1-11H,(H,25,26)(H3,21,22,23,24). The second kappa shape index (κ2) is 7.43. The third-order valence-electron chi connectivity index (χ3n) is 3.49. The van der Waals surface area contributed by atoms with Gasteiger partial charge in [0, 0.05) is 11.3 Å². The van der Waals surface area contributed by atoms with Crippen LogP contribution in [0, 0.1) is 5.82 Å². The van der Waals surface area contributed by atoms with Gasteiger partial charge in [0.05, 0.1) is 11.3 Å². The smallest absolute Gasteiger partial charge is 0.335 e. The SMILES string of the molecule is N/C(=N\c1cccc(-c2cccc(F)c2)n1)Nc1ccc(C(=O)O)cc1. The van der Waals surface area contributed by atoms with Crippen molar-refractivity contribution in [3.05, 3.63) is 78.1 Å². The van der Waals surface area contributed by atoms with Crippen LogP contribution in [0.5, 0.6) is 0 Å². The molecular weight excluding hydrogens is 335 g/mol. The van der Waals surface area contributed by atoms with Gasteiger partial charge in [-0.1, -0.05) is 18.2 Å². The Morgan fingerprint density at radius 2 is 1.81 bits per heavy atom. The monoisotopic (exact) mass is 350 g/mol. The fraction of sp³-hybridized carbons (Fsp3) is 0. The molecule has 3 rings (SSSR count). The molecule has 0 aliphatic carbocycles. The fourth-order valence-electron chi connectivity index (χ4n) is 2.29. The first-order chi connectivity index (χ1) is 12.5. The predicted molar refractivity (Wildman–Crippen MR) is 97.9 cm³/mol. The van der Waals surface area contributed by atoms with E-state index in [1.807, 2.05) is 0 Å². The quantitative estimate of drug-likeness (QED) is 0.493. The highest BCUT2D eigenvalue weighted by molar-refractivity contribution is 5.94. The molecule has 0 bridgehead atoms. The first-order valence-corrected chi connectivity index (χ1v) is 7.69. The van der Waals surface area contributed by atoms with E-state index in [9.17, 15) is 9.18 Å².